The molecule has 2 amide bonds. The van der Waals surface area contributed by atoms with Crippen LogP contribution in [0.4, 0.5) is 0 Å². The van der Waals surface area contributed by atoms with Crippen LogP contribution in [0.15, 0.2) is 48.5 Å². The molecule has 0 aliphatic carbocycles. The predicted molar refractivity (Wildman–Crippen MR) is 229 cm³/mol. The SMILES string of the molecule is CCCCC(CC)CN(CC(CC)CCCC)C(=O)c1ccc(CN(O)Cc2ccc(C(=O)N(CC(CC)CCCC)CC(CC)CCCC)cc2)cc1. The van der Waals surface area contributed by atoms with Crippen LogP contribution in [-0.4, -0.2) is 58.1 Å². The molecule has 6 nitrogen and oxygen atoms in total. The van der Waals surface area contributed by atoms with Gasteiger partial charge >= 0.3 is 0 Å². The van der Waals surface area contributed by atoms with E-state index in [0.717, 1.165) is 74.1 Å². The van der Waals surface area contributed by atoms with Crippen molar-refractivity contribution in [2.45, 2.75) is 171 Å². The van der Waals surface area contributed by atoms with Crippen molar-refractivity contribution in [1.82, 2.24) is 14.9 Å². The van der Waals surface area contributed by atoms with Gasteiger partial charge in [0, 0.05) is 50.4 Å². The fourth-order valence-electron chi connectivity index (χ4n) is 7.74. The van der Waals surface area contributed by atoms with Crippen molar-refractivity contribution >= 4 is 11.8 Å². The van der Waals surface area contributed by atoms with Crippen LogP contribution < -0.4 is 0 Å². The summed E-state index contributed by atoms with van der Waals surface area (Å²) < 4.78 is 0. The van der Waals surface area contributed by atoms with Crippen LogP contribution in [0.2, 0.25) is 0 Å². The Kier molecular flexibility index (Phi) is 24.4. The van der Waals surface area contributed by atoms with E-state index in [9.17, 15) is 14.8 Å². The van der Waals surface area contributed by atoms with E-state index in [4.69, 9.17) is 0 Å². The second-order valence-electron chi connectivity index (χ2n) is 16.3. The van der Waals surface area contributed by atoms with E-state index < -0.39 is 0 Å². The zero-order valence-electron chi connectivity index (χ0n) is 36.1. The summed E-state index contributed by atoms with van der Waals surface area (Å²) in [4.78, 5) is 32.2. The molecule has 0 fully saturated rings. The molecule has 0 radical (unpaired) electrons. The third-order valence-electron chi connectivity index (χ3n) is 11.8. The summed E-state index contributed by atoms with van der Waals surface area (Å²) in [5.74, 6) is 2.35. The Morgan fingerprint density at radius 2 is 0.722 bits per heavy atom. The number of hydrogen-bond donors (Lipinski definition) is 1. The minimum absolute atomic E-state index is 0.123. The number of rotatable bonds is 30. The molecule has 306 valence electrons. The molecule has 0 aliphatic rings. The van der Waals surface area contributed by atoms with Crippen LogP contribution in [0.5, 0.6) is 0 Å². The Balaban J connectivity index is 2.11. The molecule has 0 aromatic heterocycles. The topological polar surface area (TPSA) is 64.1 Å². The summed E-state index contributed by atoms with van der Waals surface area (Å²) >= 11 is 0. The van der Waals surface area contributed by atoms with Gasteiger partial charge < -0.3 is 15.0 Å². The van der Waals surface area contributed by atoms with Crippen LogP contribution in [0.1, 0.15) is 190 Å². The highest BCUT2D eigenvalue weighted by atomic mass is 16.5. The first-order valence-corrected chi connectivity index (χ1v) is 22.4. The van der Waals surface area contributed by atoms with E-state index >= 15 is 0 Å². The lowest BCUT2D eigenvalue weighted by molar-refractivity contribution is -0.108. The van der Waals surface area contributed by atoms with Crippen molar-refractivity contribution in [3.8, 4) is 0 Å². The van der Waals surface area contributed by atoms with Gasteiger partial charge in [-0.3, -0.25) is 9.59 Å². The molecule has 0 heterocycles. The van der Waals surface area contributed by atoms with Crippen molar-refractivity contribution in [2.75, 3.05) is 26.2 Å². The maximum Gasteiger partial charge on any atom is 0.253 e. The number of amides is 2. The molecule has 0 spiro atoms. The van der Waals surface area contributed by atoms with E-state index in [1.54, 1.807) is 0 Å². The molecule has 4 atom stereocenters. The van der Waals surface area contributed by atoms with E-state index in [1.165, 1.54) is 82.1 Å². The minimum atomic E-state index is 0.123. The highest BCUT2D eigenvalue weighted by Gasteiger charge is 2.24. The van der Waals surface area contributed by atoms with E-state index in [1.807, 2.05) is 48.5 Å². The lowest BCUT2D eigenvalue weighted by atomic mass is 9.95. The number of unbranched alkanes of at least 4 members (excludes halogenated alkanes) is 4. The van der Waals surface area contributed by atoms with Crippen LogP contribution in [-0.2, 0) is 13.1 Å². The zero-order valence-corrected chi connectivity index (χ0v) is 36.1. The first-order valence-electron chi connectivity index (χ1n) is 22.4. The minimum Gasteiger partial charge on any atom is -0.338 e. The smallest absolute Gasteiger partial charge is 0.253 e. The number of benzene rings is 2. The van der Waals surface area contributed by atoms with Gasteiger partial charge in [0.15, 0.2) is 0 Å². The molecule has 54 heavy (non-hydrogen) atoms. The molecule has 0 bridgehead atoms. The van der Waals surface area contributed by atoms with Gasteiger partial charge in [0.05, 0.1) is 0 Å². The quantitative estimate of drug-likeness (QED) is 0.0808. The van der Waals surface area contributed by atoms with Gasteiger partial charge in [0.1, 0.15) is 0 Å². The maximum absolute atomic E-state index is 13.9. The maximum atomic E-state index is 13.9. The number of hydroxylamine groups is 2. The largest absolute Gasteiger partial charge is 0.338 e. The highest BCUT2D eigenvalue weighted by Crippen LogP contribution is 2.23. The Labute approximate surface area is 332 Å². The molecule has 6 heteroatoms. The third kappa shape index (κ3) is 17.4. The first kappa shape index (κ1) is 47.5. The fraction of sp³-hybridized carbons (Fsp3) is 0.708. The van der Waals surface area contributed by atoms with Crippen molar-refractivity contribution in [2.24, 2.45) is 23.7 Å². The summed E-state index contributed by atoms with van der Waals surface area (Å²) in [6.07, 6.45) is 18.6. The van der Waals surface area contributed by atoms with Crippen LogP contribution in [0, 0.1) is 23.7 Å². The monoisotopic (exact) mass is 748 g/mol. The van der Waals surface area contributed by atoms with Crippen molar-refractivity contribution in [1.29, 1.82) is 0 Å². The lowest BCUT2D eigenvalue weighted by Gasteiger charge is -2.31. The molecule has 0 aliphatic heterocycles. The second kappa shape index (κ2) is 27.8. The second-order valence-corrected chi connectivity index (χ2v) is 16.3. The van der Waals surface area contributed by atoms with E-state index in [0.29, 0.717) is 36.8 Å². The average molecular weight is 748 g/mol. The molecule has 2 aromatic rings. The molecule has 4 unspecified atom stereocenters. The van der Waals surface area contributed by atoms with Gasteiger partial charge in [-0.2, -0.15) is 5.06 Å². The van der Waals surface area contributed by atoms with Gasteiger partial charge in [-0.15, -0.1) is 0 Å². The normalized spacial score (nSPS) is 13.8. The molecule has 0 saturated carbocycles. The standard InChI is InChI=1S/C48H81N3O3/c1-9-17-21-39(13-5)33-49(34-40(14-6)22-18-10-2)47(52)45-29-25-43(26-30-45)37-51(54)38-44-27-31-46(32-28-44)48(53)50(35-41(15-7)23-19-11-3)36-42(16-8)24-20-12-4/h25-32,39-42,54H,9-24,33-38H2,1-8H3. The summed E-state index contributed by atoms with van der Waals surface area (Å²) in [6, 6.07) is 15.6. The molecule has 1 N–H and O–H groups in total. The number of hydrogen-bond acceptors (Lipinski definition) is 4. The molecule has 2 aromatic carbocycles. The van der Waals surface area contributed by atoms with E-state index in [-0.39, 0.29) is 11.8 Å². The van der Waals surface area contributed by atoms with Crippen molar-refractivity contribution < 1.29 is 14.8 Å². The summed E-state index contributed by atoms with van der Waals surface area (Å²) in [5, 5.41) is 12.3. The molecule has 0 saturated heterocycles. The van der Waals surface area contributed by atoms with Crippen LogP contribution >= 0.6 is 0 Å². The van der Waals surface area contributed by atoms with Gasteiger partial charge in [-0.1, -0.05) is 157 Å². The number of nitrogens with zero attached hydrogens (tertiary/aromatic N) is 3. The molecular formula is C48H81N3O3. The first-order chi connectivity index (χ1) is 26.2. The van der Waals surface area contributed by atoms with E-state index in [2.05, 4.69) is 65.2 Å². The lowest BCUT2D eigenvalue weighted by Crippen LogP contribution is -2.39. The van der Waals surface area contributed by atoms with Gasteiger partial charge in [-0.25, -0.2) is 0 Å². The van der Waals surface area contributed by atoms with Crippen molar-refractivity contribution in [3.63, 3.8) is 0 Å². The van der Waals surface area contributed by atoms with Crippen LogP contribution in [0.3, 0.4) is 0 Å². The summed E-state index contributed by atoms with van der Waals surface area (Å²) in [6.45, 7) is 22.0. The molecule has 2 rings (SSSR count). The number of carbonyl (C=O) groups excluding carboxylic acids is 2. The summed E-state index contributed by atoms with van der Waals surface area (Å²) in [5.41, 5.74) is 3.35. The van der Waals surface area contributed by atoms with Gasteiger partial charge in [0.2, 0.25) is 0 Å². The average Bonchev–Trinajstić information content (AvgIpc) is 3.19. The number of carbonyl (C=O) groups is 2. The van der Waals surface area contributed by atoms with Gasteiger partial charge in [0.25, 0.3) is 11.8 Å². The Hall–Kier alpha value is -2.70. The highest BCUT2D eigenvalue weighted by molar-refractivity contribution is 5.94. The Bertz CT molecular complexity index is 1130. The third-order valence-corrected chi connectivity index (χ3v) is 11.8. The molecular weight excluding hydrogens is 667 g/mol. The predicted octanol–water partition coefficient (Wildman–Crippen LogP) is 12.8. The fourth-order valence-corrected chi connectivity index (χ4v) is 7.74. The summed E-state index contributed by atoms with van der Waals surface area (Å²) in [7, 11) is 0. The van der Waals surface area contributed by atoms with Gasteiger partial charge in [-0.05, 0) is 84.7 Å². The Morgan fingerprint density at radius 1 is 0.463 bits per heavy atom. The van der Waals surface area contributed by atoms with Crippen molar-refractivity contribution in [3.05, 3.63) is 70.8 Å². The zero-order chi connectivity index (χ0) is 39.7. The Morgan fingerprint density at radius 3 is 0.944 bits per heavy atom. The van der Waals surface area contributed by atoms with Crippen LogP contribution in [0.25, 0.3) is 0 Å².